The summed E-state index contributed by atoms with van der Waals surface area (Å²) in [6.45, 7) is 2.41. The Morgan fingerprint density at radius 3 is 2.80 bits per heavy atom. The molecule has 180 valence electrons. The topological polar surface area (TPSA) is 94.8 Å². The SMILES string of the molecule is O=C(Nc1ccccc1N1CCC[C@H]1CNCCO)c1cnc2c(-c3ccc(Cl)cc3)cnn2c1. The molecule has 0 radical (unpaired) electrons. The van der Waals surface area contributed by atoms with Crippen LogP contribution in [-0.2, 0) is 0 Å². The van der Waals surface area contributed by atoms with Gasteiger partial charge in [0.05, 0.1) is 29.7 Å². The number of amides is 1. The molecule has 3 N–H and O–H groups in total. The minimum absolute atomic E-state index is 0.120. The Kier molecular flexibility index (Phi) is 6.94. The van der Waals surface area contributed by atoms with E-state index in [1.807, 2.05) is 48.5 Å². The summed E-state index contributed by atoms with van der Waals surface area (Å²) in [5.74, 6) is -0.246. The van der Waals surface area contributed by atoms with Gasteiger partial charge in [-0.05, 0) is 42.7 Å². The monoisotopic (exact) mass is 490 g/mol. The molecule has 0 aliphatic carbocycles. The molecule has 1 atom stereocenters. The van der Waals surface area contributed by atoms with E-state index in [1.165, 1.54) is 0 Å². The van der Waals surface area contributed by atoms with Crippen LogP contribution in [0.2, 0.25) is 5.02 Å². The van der Waals surface area contributed by atoms with Crippen LogP contribution in [0, 0.1) is 0 Å². The van der Waals surface area contributed by atoms with Crippen molar-refractivity contribution in [1.82, 2.24) is 19.9 Å². The van der Waals surface area contributed by atoms with E-state index in [4.69, 9.17) is 16.7 Å². The van der Waals surface area contributed by atoms with Gasteiger partial charge in [-0.3, -0.25) is 4.79 Å². The van der Waals surface area contributed by atoms with E-state index in [-0.39, 0.29) is 12.5 Å². The number of benzene rings is 2. The van der Waals surface area contributed by atoms with Crippen LogP contribution in [0.15, 0.2) is 67.1 Å². The zero-order valence-electron chi connectivity index (χ0n) is 19.2. The van der Waals surface area contributed by atoms with E-state index in [9.17, 15) is 4.79 Å². The highest BCUT2D eigenvalue weighted by Gasteiger charge is 2.26. The molecule has 35 heavy (non-hydrogen) atoms. The summed E-state index contributed by atoms with van der Waals surface area (Å²) >= 11 is 6.01. The Balaban J connectivity index is 1.36. The fourth-order valence-corrected chi connectivity index (χ4v) is 4.69. The second-order valence-electron chi connectivity index (χ2n) is 8.56. The number of anilines is 2. The first-order valence-electron chi connectivity index (χ1n) is 11.7. The number of hydrogen-bond acceptors (Lipinski definition) is 6. The quantitative estimate of drug-likeness (QED) is 0.325. The van der Waals surface area contributed by atoms with Gasteiger partial charge in [-0.1, -0.05) is 35.9 Å². The number of aliphatic hydroxyl groups excluding tert-OH is 1. The number of carbonyl (C=O) groups excluding carboxylic acids is 1. The second-order valence-corrected chi connectivity index (χ2v) is 9.00. The second kappa shape index (κ2) is 10.4. The molecule has 1 saturated heterocycles. The smallest absolute Gasteiger partial charge is 0.258 e. The lowest BCUT2D eigenvalue weighted by Gasteiger charge is -2.29. The number of nitrogens with zero attached hydrogens (tertiary/aromatic N) is 4. The number of aromatic nitrogens is 3. The van der Waals surface area contributed by atoms with E-state index >= 15 is 0 Å². The highest BCUT2D eigenvalue weighted by atomic mass is 35.5. The van der Waals surface area contributed by atoms with E-state index in [1.54, 1.807) is 23.1 Å². The van der Waals surface area contributed by atoms with Crippen molar-refractivity contribution in [2.75, 3.05) is 36.5 Å². The van der Waals surface area contributed by atoms with Gasteiger partial charge in [0.1, 0.15) is 0 Å². The van der Waals surface area contributed by atoms with Crippen molar-refractivity contribution in [3.63, 3.8) is 0 Å². The summed E-state index contributed by atoms with van der Waals surface area (Å²) in [4.78, 5) is 20.0. The fourth-order valence-electron chi connectivity index (χ4n) is 4.56. The van der Waals surface area contributed by atoms with Gasteiger partial charge < -0.3 is 20.6 Å². The van der Waals surface area contributed by atoms with Crippen LogP contribution >= 0.6 is 11.6 Å². The Morgan fingerprint density at radius 2 is 1.97 bits per heavy atom. The molecule has 1 fully saturated rings. The Morgan fingerprint density at radius 1 is 1.14 bits per heavy atom. The van der Waals surface area contributed by atoms with Crippen molar-refractivity contribution in [2.45, 2.75) is 18.9 Å². The molecule has 9 heteroatoms. The Labute approximate surface area is 208 Å². The maximum Gasteiger partial charge on any atom is 0.258 e. The molecular formula is C26H27ClN6O2. The predicted octanol–water partition coefficient (Wildman–Crippen LogP) is 3.85. The third kappa shape index (κ3) is 5.00. The molecule has 2 aromatic carbocycles. The van der Waals surface area contributed by atoms with Gasteiger partial charge in [0.15, 0.2) is 5.65 Å². The molecular weight excluding hydrogens is 464 g/mol. The van der Waals surface area contributed by atoms with Crippen molar-refractivity contribution >= 4 is 34.5 Å². The van der Waals surface area contributed by atoms with Crippen LogP contribution < -0.4 is 15.5 Å². The van der Waals surface area contributed by atoms with Crippen LogP contribution in [0.4, 0.5) is 11.4 Å². The van der Waals surface area contributed by atoms with Crippen LogP contribution in [0.5, 0.6) is 0 Å². The molecule has 0 unspecified atom stereocenters. The van der Waals surface area contributed by atoms with E-state index in [0.29, 0.717) is 28.8 Å². The van der Waals surface area contributed by atoms with Crippen molar-refractivity contribution in [1.29, 1.82) is 0 Å². The van der Waals surface area contributed by atoms with Gasteiger partial charge in [-0.25, -0.2) is 9.50 Å². The van der Waals surface area contributed by atoms with Crippen molar-refractivity contribution in [3.8, 4) is 11.1 Å². The van der Waals surface area contributed by atoms with Gasteiger partial charge >= 0.3 is 0 Å². The van der Waals surface area contributed by atoms with E-state index in [0.717, 1.165) is 48.4 Å². The number of aliphatic hydroxyl groups is 1. The summed E-state index contributed by atoms with van der Waals surface area (Å²) in [6.07, 6.45) is 7.16. The van der Waals surface area contributed by atoms with Gasteiger partial charge in [-0.2, -0.15) is 5.10 Å². The summed E-state index contributed by atoms with van der Waals surface area (Å²) in [7, 11) is 0. The van der Waals surface area contributed by atoms with E-state index < -0.39 is 0 Å². The van der Waals surface area contributed by atoms with Crippen LogP contribution in [0.3, 0.4) is 0 Å². The standard InChI is InChI=1S/C26H27ClN6O2/c27-20-9-7-18(8-10-20)22-16-30-33-17-19(14-29-25(22)33)26(35)31-23-5-1-2-6-24(23)32-12-3-4-21(32)15-28-11-13-34/h1-2,5-10,14,16-17,21,28,34H,3-4,11-13,15H2,(H,31,35)/t21-/m0/s1. The number of carbonyl (C=O) groups is 1. The molecule has 0 spiro atoms. The van der Waals surface area contributed by atoms with Gasteiger partial charge in [-0.15, -0.1) is 0 Å². The molecule has 1 amide bonds. The highest BCUT2D eigenvalue weighted by molar-refractivity contribution is 6.30. The fraction of sp³-hybridized carbons (Fsp3) is 0.269. The average molecular weight is 491 g/mol. The maximum absolute atomic E-state index is 13.2. The van der Waals surface area contributed by atoms with E-state index in [2.05, 4.69) is 25.6 Å². The normalized spacial score (nSPS) is 15.6. The van der Waals surface area contributed by atoms with Gasteiger partial charge in [0.25, 0.3) is 5.91 Å². The predicted molar refractivity (Wildman–Crippen MR) is 138 cm³/mol. The lowest BCUT2D eigenvalue weighted by Crippen LogP contribution is -2.39. The zero-order valence-corrected chi connectivity index (χ0v) is 19.9. The number of fused-ring (bicyclic) bond motifs is 1. The highest BCUT2D eigenvalue weighted by Crippen LogP contribution is 2.32. The lowest BCUT2D eigenvalue weighted by molar-refractivity contribution is 0.102. The molecule has 0 saturated carbocycles. The molecule has 5 rings (SSSR count). The first-order valence-corrected chi connectivity index (χ1v) is 12.1. The number of para-hydroxylation sites is 2. The van der Waals surface area contributed by atoms with Gasteiger partial charge in [0, 0.05) is 48.7 Å². The number of halogens is 1. The zero-order chi connectivity index (χ0) is 24.2. The molecule has 1 aliphatic heterocycles. The first-order chi connectivity index (χ1) is 17.1. The molecule has 8 nitrogen and oxygen atoms in total. The van der Waals surface area contributed by atoms with Crippen molar-refractivity contribution < 1.29 is 9.90 Å². The largest absolute Gasteiger partial charge is 0.395 e. The van der Waals surface area contributed by atoms with Crippen molar-refractivity contribution in [3.05, 3.63) is 77.7 Å². The summed E-state index contributed by atoms with van der Waals surface area (Å²) in [5.41, 5.74) is 4.66. The molecule has 4 aromatic rings. The average Bonchev–Trinajstić information content (AvgIpc) is 3.52. The molecule has 0 bridgehead atoms. The lowest BCUT2D eigenvalue weighted by atomic mass is 10.1. The molecule has 2 aromatic heterocycles. The first kappa shape index (κ1) is 23.3. The molecule has 3 heterocycles. The number of nitrogens with one attached hydrogen (secondary N) is 2. The van der Waals surface area contributed by atoms with Crippen molar-refractivity contribution in [2.24, 2.45) is 0 Å². The Bertz CT molecular complexity index is 1320. The number of rotatable bonds is 8. The third-order valence-electron chi connectivity index (χ3n) is 6.28. The van der Waals surface area contributed by atoms with Crippen LogP contribution in [0.1, 0.15) is 23.2 Å². The van der Waals surface area contributed by atoms with Crippen LogP contribution in [0.25, 0.3) is 16.8 Å². The summed E-state index contributed by atoms with van der Waals surface area (Å²) in [5, 5.41) is 20.5. The minimum atomic E-state index is -0.246. The summed E-state index contributed by atoms with van der Waals surface area (Å²) < 4.78 is 1.62. The number of hydrogen-bond donors (Lipinski definition) is 3. The maximum atomic E-state index is 13.2. The third-order valence-corrected chi connectivity index (χ3v) is 6.53. The Hall–Kier alpha value is -3.46. The van der Waals surface area contributed by atoms with Gasteiger partial charge in [0.2, 0.25) is 0 Å². The molecule has 1 aliphatic rings. The summed E-state index contributed by atoms with van der Waals surface area (Å²) in [6, 6.07) is 15.7. The minimum Gasteiger partial charge on any atom is -0.395 e. The van der Waals surface area contributed by atoms with Crippen LogP contribution in [-0.4, -0.2) is 57.9 Å².